The van der Waals surface area contributed by atoms with Crippen LogP contribution in [0.25, 0.3) is 0 Å². The van der Waals surface area contributed by atoms with Crippen molar-refractivity contribution in [3.8, 4) is 0 Å². The van der Waals surface area contributed by atoms with Crippen LogP contribution in [-0.4, -0.2) is 43.3 Å². The van der Waals surface area contributed by atoms with Gasteiger partial charge in [0.1, 0.15) is 5.60 Å². The lowest BCUT2D eigenvalue weighted by molar-refractivity contribution is -0.126. The zero-order chi connectivity index (χ0) is 14.5. The van der Waals surface area contributed by atoms with Crippen molar-refractivity contribution in [2.75, 3.05) is 19.6 Å². The van der Waals surface area contributed by atoms with Gasteiger partial charge in [-0.3, -0.25) is 4.79 Å². The van der Waals surface area contributed by atoms with Crippen LogP contribution in [-0.2, 0) is 9.53 Å². The van der Waals surface area contributed by atoms with E-state index in [1.807, 2.05) is 27.7 Å². The summed E-state index contributed by atoms with van der Waals surface area (Å²) in [5.41, 5.74) is -0.534. The van der Waals surface area contributed by atoms with Crippen molar-refractivity contribution in [1.29, 1.82) is 0 Å². The third kappa shape index (κ3) is 5.46. The Morgan fingerprint density at radius 2 is 2.05 bits per heavy atom. The van der Waals surface area contributed by atoms with Crippen molar-refractivity contribution in [2.24, 2.45) is 5.92 Å². The van der Waals surface area contributed by atoms with Gasteiger partial charge < -0.3 is 20.7 Å². The molecule has 1 aliphatic rings. The molecule has 0 aromatic rings. The second-order valence-electron chi connectivity index (χ2n) is 5.75. The molecule has 0 spiro atoms. The van der Waals surface area contributed by atoms with Crippen LogP contribution in [0.4, 0.5) is 4.79 Å². The van der Waals surface area contributed by atoms with Gasteiger partial charge in [-0.1, -0.05) is 0 Å². The molecular weight excluding hydrogens is 246 g/mol. The van der Waals surface area contributed by atoms with Crippen LogP contribution in [0.3, 0.4) is 0 Å². The summed E-state index contributed by atoms with van der Waals surface area (Å²) < 4.78 is 5.22. The molecule has 2 amide bonds. The average molecular weight is 271 g/mol. The fourth-order valence-corrected chi connectivity index (χ4v) is 2.09. The van der Waals surface area contributed by atoms with Crippen LogP contribution in [0.15, 0.2) is 0 Å². The maximum Gasteiger partial charge on any atom is 0.407 e. The van der Waals surface area contributed by atoms with Gasteiger partial charge in [0.05, 0.1) is 12.0 Å². The number of alkyl carbamates (subject to hydrolysis) is 1. The van der Waals surface area contributed by atoms with E-state index in [0.717, 1.165) is 6.54 Å². The van der Waals surface area contributed by atoms with Crippen molar-refractivity contribution in [1.82, 2.24) is 16.0 Å². The van der Waals surface area contributed by atoms with Crippen LogP contribution in [0.5, 0.6) is 0 Å². The van der Waals surface area contributed by atoms with Gasteiger partial charge in [-0.25, -0.2) is 4.79 Å². The van der Waals surface area contributed by atoms with Gasteiger partial charge in [0, 0.05) is 13.1 Å². The minimum Gasteiger partial charge on any atom is -0.444 e. The highest BCUT2D eigenvalue weighted by molar-refractivity contribution is 5.80. The Hall–Kier alpha value is -1.30. The Balaban J connectivity index is 2.57. The van der Waals surface area contributed by atoms with E-state index in [9.17, 15) is 9.59 Å². The minimum atomic E-state index is -0.534. The van der Waals surface area contributed by atoms with Crippen molar-refractivity contribution in [3.05, 3.63) is 0 Å². The van der Waals surface area contributed by atoms with E-state index < -0.39 is 11.7 Å². The molecule has 0 aromatic carbocycles. The molecule has 19 heavy (non-hydrogen) atoms. The summed E-state index contributed by atoms with van der Waals surface area (Å²) in [7, 11) is 0. The molecule has 6 heteroatoms. The van der Waals surface area contributed by atoms with Crippen LogP contribution >= 0.6 is 0 Å². The van der Waals surface area contributed by atoms with Gasteiger partial charge in [-0.2, -0.15) is 0 Å². The molecule has 3 N–H and O–H groups in total. The monoisotopic (exact) mass is 271 g/mol. The number of hydrogen-bond donors (Lipinski definition) is 3. The summed E-state index contributed by atoms with van der Waals surface area (Å²) in [6.07, 6.45) is 0.238. The normalized spacial score (nSPS) is 23.6. The van der Waals surface area contributed by atoms with E-state index in [-0.39, 0.29) is 17.9 Å². The van der Waals surface area contributed by atoms with Crippen LogP contribution in [0.1, 0.15) is 34.1 Å². The molecule has 1 aliphatic heterocycles. The number of ether oxygens (including phenoxy) is 1. The molecule has 6 nitrogen and oxygen atoms in total. The van der Waals surface area contributed by atoms with Gasteiger partial charge in [0.25, 0.3) is 0 Å². The average Bonchev–Trinajstić information content (AvgIpc) is 2.27. The molecule has 1 heterocycles. The molecule has 0 aliphatic carbocycles. The number of amides is 2. The number of piperidine rings is 1. The standard InChI is InChI=1S/C13H25N3O3/c1-5-15-11(17)9-6-7-14-8-10(9)16-12(18)19-13(2,3)4/h9-10,14H,5-8H2,1-4H3,(H,15,17)(H,16,18)/t9-,10+/m0/s1. The van der Waals surface area contributed by atoms with Crippen LogP contribution in [0.2, 0.25) is 0 Å². The number of hydrogen-bond acceptors (Lipinski definition) is 4. The summed E-state index contributed by atoms with van der Waals surface area (Å²) >= 11 is 0. The van der Waals surface area contributed by atoms with Gasteiger partial charge in [0.15, 0.2) is 0 Å². The quantitative estimate of drug-likeness (QED) is 0.703. The Bertz CT molecular complexity index is 326. The lowest BCUT2D eigenvalue weighted by Gasteiger charge is -2.32. The van der Waals surface area contributed by atoms with Gasteiger partial charge in [0.2, 0.25) is 5.91 Å². The molecule has 0 unspecified atom stereocenters. The number of carbonyl (C=O) groups excluding carboxylic acids is 2. The first-order valence-corrected chi connectivity index (χ1v) is 6.81. The highest BCUT2D eigenvalue weighted by Gasteiger charge is 2.32. The predicted octanol–water partition coefficient (Wildman–Crippen LogP) is 0.625. The number of nitrogens with one attached hydrogen (secondary N) is 3. The largest absolute Gasteiger partial charge is 0.444 e. The fourth-order valence-electron chi connectivity index (χ4n) is 2.09. The highest BCUT2D eigenvalue weighted by atomic mass is 16.6. The zero-order valence-electron chi connectivity index (χ0n) is 12.2. The molecule has 0 saturated carbocycles. The summed E-state index contributed by atoms with van der Waals surface area (Å²) in [6.45, 7) is 9.29. The summed E-state index contributed by atoms with van der Waals surface area (Å²) in [5.74, 6) is -0.209. The van der Waals surface area contributed by atoms with Crippen LogP contribution in [0, 0.1) is 5.92 Å². The third-order valence-electron chi connectivity index (χ3n) is 2.87. The van der Waals surface area contributed by atoms with Gasteiger partial charge in [-0.05, 0) is 40.7 Å². The van der Waals surface area contributed by atoms with E-state index in [1.165, 1.54) is 0 Å². The summed E-state index contributed by atoms with van der Waals surface area (Å²) in [6, 6.07) is -0.227. The first-order valence-electron chi connectivity index (χ1n) is 6.81. The molecule has 1 rings (SSSR count). The molecule has 1 fully saturated rings. The van der Waals surface area contributed by atoms with Gasteiger partial charge in [-0.15, -0.1) is 0 Å². The second kappa shape index (κ2) is 6.75. The number of carbonyl (C=O) groups is 2. The Labute approximate surface area is 114 Å². The first kappa shape index (κ1) is 15.8. The predicted molar refractivity (Wildman–Crippen MR) is 72.8 cm³/mol. The molecular formula is C13H25N3O3. The minimum absolute atomic E-state index is 0.00920. The van der Waals surface area contributed by atoms with E-state index in [2.05, 4.69) is 16.0 Å². The SMILES string of the molecule is CCNC(=O)[C@H]1CCNC[C@H]1NC(=O)OC(C)(C)C. The van der Waals surface area contributed by atoms with Crippen LogP contribution < -0.4 is 16.0 Å². The molecule has 0 bridgehead atoms. The zero-order valence-corrected chi connectivity index (χ0v) is 12.2. The fraction of sp³-hybridized carbons (Fsp3) is 0.846. The maximum atomic E-state index is 11.9. The molecule has 0 radical (unpaired) electrons. The summed E-state index contributed by atoms with van der Waals surface area (Å²) in [4.78, 5) is 23.7. The lowest BCUT2D eigenvalue weighted by atomic mass is 9.92. The molecule has 2 atom stereocenters. The van der Waals surface area contributed by atoms with E-state index in [1.54, 1.807) is 0 Å². The first-order chi connectivity index (χ1) is 8.83. The number of rotatable bonds is 3. The van der Waals surface area contributed by atoms with E-state index in [0.29, 0.717) is 19.5 Å². The van der Waals surface area contributed by atoms with E-state index in [4.69, 9.17) is 4.74 Å². The van der Waals surface area contributed by atoms with Crippen molar-refractivity contribution in [2.45, 2.75) is 45.8 Å². The molecule has 0 aromatic heterocycles. The van der Waals surface area contributed by atoms with Crippen molar-refractivity contribution in [3.63, 3.8) is 0 Å². The van der Waals surface area contributed by atoms with Gasteiger partial charge >= 0.3 is 6.09 Å². The molecule has 1 saturated heterocycles. The van der Waals surface area contributed by atoms with E-state index >= 15 is 0 Å². The Morgan fingerprint density at radius 1 is 1.37 bits per heavy atom. The Kier molecular flexibility index (Phi) is 5.60. The topological polar surface area (TPSA) is 79.5 Å². The lowest BCUT2D eigenvalue weighted by Crippen LogP contribution is -2.56. The third-order valence-corrected chi connectivity index (χ3v) is 2.87. The van der Waals surface area contributed by atoms with Crippen molar-refractivity contribution >= 4 is 12.0 Å². The molecule has 110 valence electrons. The smallest absolute Gasteiger partial charge is 0.407 e. The van der Waals surface area contributed by atoms with Crippen molar-refractivity contribution < 1.29 is 14.3 Å². The highest BCUT2D eigenvalue weighted by Crippen LogP contribution is 2.14. The summed E-state index contributed by atoms with van der Waals surface area (Å²) in [5, 5.41) is 8.77. The Morgan fingerprint density at radius 3 is 2.63 bits per heavy atom. The maximum absolute atomic E-state index is 11.9. The second-order valence-corrected chi connectivity index (χ2v) is 5.75.